The molecule has 7 heteroatoms. The van der Waals surface area contributed by atoms with Gasteiger partial charge in [-0.05, 0) is 23.6 Å². The summed E-state index contributed by atoms with van der Waals surface area (Å²) in [6.45, 7) is 7.08. The van der Waals surface area contributed by atoms with E-state index in [0.29, 0.717) is 18.2 Å². The first-order valence-electron chi connectivity index (χ1n) is 9.08. The normalized spacial score (nSPS) is 11.8. The van der Waals surface area contributed by atoms with Crippen molar-refractivity contribution in [2.24, 2.45) is 0 Å². The van der Waals surface area contributed by atoms with Crippen LogP contribution in [0.4, 0.5) is 0 Å². The molecule has 0 aliphatic heterocycles. The summed E-state index contributed by atoms with van der Waals surface area (Å²) in [5, 5.41) is 12.2. The second-order valence-corrected chi connectivity index (χ2v) is 7.29. The molecule has 3 rings (SSSR count). The van der Waals surface area contributed by atoms with Crippen LogP contribution in [0.5, 0.6) is 0 Å². The Labute approximate surface area is 169 Å². The second-order valence-electron chi connectivity index (χ2n) is 6.35. The van der Waals surface area contributed by atoms with Gasteiger partial charge in [-0.1, -0.05) is 55.1 Å². The summed E-state index contributed by atoms with van der Waals surface area (Å²) in [5.41, 5.74) is 2.14. The van der Waals surface area contributed by atoms with E-state index in [2.05, 4.69) is 46.1 Å². The Morgan fingerprint density at radius 3 is 2.68 bits per heavy atom. The van der Waals surface area contributed by atoms with Gasteiger partial charge in [-0.25, -0.2) is 0 Å². The molecule has 0 aliphatic rings. The van der Waals surface area contributed by atoms with E-state index in [4.69, 9.17) is 0 Å². The first kappa shape index (κ1) is 19.8. The highest BCUT2D eigenvalue weighted by Crippen LogP contribution is 2.23. The predicted molar refractivity (Wildman–Crippen MR) is 112 cm³/mol. The molecule has 3 aromatic rings. The van der Waals surface area contributed by atoms with Crippen LogP contribution in [0.15, 0.2) is 72.7 Å². The number of hydrogen-bond donors (Lipinski definition) is 1. The van der Waals surface area contributed by atoms with E-state index in [9.17, 15) is 4.79 Å². The van der Waals surface area contributed by atoms with Crippen LogP contribution in [0, 0.1) is 0 Å². The number of benzene rings is 1. The van der Waals surface area contributed by atoms with Gasteiger partial charge in [0.25, 0.3) is 0 Å². The maximum absolute atomic E-state index is 12.3. The number of hydrogen-bond acceptors (Lipinski definition) is 5. The van der Waals surface area contributed by atoms with Gasteiger partial charge in [0.15, 0.2) is 11.0 Å². The molecule has 0 spiro atoms. The molecule has 0 unspecified atom stereocenters. The molecule has 0 fully saturated rings. The van der Waals surface area contributed by atoms with Gasteiger partial charge in [0.05, 0.1) is 5.75 Å². The summed E-state index contributed by atoms with van der Waals surface area (Å²) in [5.74, 6) is 1.26. The minimum atomic E-state index is -0.0219. The molecule has 1 atom stereocenters. The Balaban J connectivity index is 1.59. The average molecular weight is 394 g/mol. The predicted octanol–water partition coefficient (Wildman–Crippen LogP) is 3.54. The molecule has 144 valence electrons. The van der Waals surface area contributed by atoms with Crippen molar-refractivity contribution in [3.8, 4) is 11.4 Å². The lowest BCUT2D eigenvalue weighted by Crippen LogP contribution is -2.29. The number of rotatable bonds is 9. The van der Waals surface area contributed by atoms with E-state index in [1.807, 2.05) is 34.9 Å². The molecule has 0 bridgehead atoms. The van der Waals surface area contributed by atoms with Gasteiger partial charge in [0.1, 0.15) is 0 Å². The van der Waals surface area contributed by atoms with Gasteiger partial charge < -0.3 is 5.32 Å². The second kappa shape index (κ2) is 9.85. The van der Waals surface area contributed by atoms with Crippen molar-refractivity contribution in [3.05, 3.63) is 73.1 Å². The number of allylic oxidation sites excluding steroid dienone is 1. The third kappa shape index (κ3) is 5.07. The van der Waals surface area contributed by atoms with E-state index in [1.54, 1.807) is 18.5 Å². The highest BCUT2D eigenvalue weighted by Gasteiger charge is 2.15. The van der Waals surface area contributed by atoms with Crippen LogP contribution < -0.4 is 5.32 Å². The SMILES string of the molecule is C=CCn1c(SCC(=O)NC[C@@H](C)c2ccccc2)nnc1-c1ccncc1. The number of aromatic nitrogens is 4. The summed E-state index contributed by atoms with van der Waals surface area (Å²) < 4.78 is 1.95. The van der Waals surface area contributed by atoms with Gasteiger partial charge in [-0.3, -0.25) is 14.3 Å². The molecule has 2 aromatic heterocycles. The smallest absolute Gasteiger partial charge is 0.230 e. The number of carbonyl (C=O) groups is 1. The summed E-state index contributed by atoms with van der Waals surface area (Å²) in [6, 6.07) is 13.9. The Morgan fingerprint density at radius 2 is 1.96 bits per heavy atom. The van der Waals surface area contributed by atoms with Crippen LogP contribution in [0.3, 0.4) is 0 Å². The Kier molecular flexibility index (Phi) is 6.97. The van der Waals surface area contributed by atoms with Crippen LogP contribution in [0.25, 0.3) is 11.4 Å². The van der Waals surface area contributed by atoms with Crippen LogP contribution >= 0.6 is 11.8 Å². The third-order valence-electron chi connectivity index (χ3n) is 4.27. The summed E-state index contributed by atoms with van der Waals surface area (Å²) in [7, 11) is 0. The van der Waals surface area contributed by atoms with Gasteiger partial charge >= 0.3 is 0 Å². The molecule has 0 aliphatic carbocycles. The number of thioether (sulfide) groups is 1. The molecule has 0 saturated carbocycles. The van der Waals surface area contributed by atoms with Gasteiger partial charge in [-0.15, -0.1) is 16.8 Å². The third-order valence-corrected chi connectivity index (χ3v) is 5.24. The molecule has 6 nitrogen and oxygen atoms in total. The lowest BCUT2D eigenvalue weighted by atomic mass is 10.0. The quantitative estimate of drug-likeness (QED) is 0.445. The van der Waals surface area contributed by atoms with Crippen molar-refractivity contribution in [1.29, 1.82) is 0 Å². The molecule has 0 radical (unpaired) electrons. The molecule has 0 saturated heterocycles. The zero-order valence-electron chi connectivity index (χ0n) is 15.8. The zero-order chi connectivity index (χ0) is 19.8. The number of amides is 1. The Bertz CT molecular complexity index is 911. The highest BCUT2D eigenvalue weighted by molar-refractivity contribution is 7.99. The van der Waals surface area contributed by atoms with Crippen molar-refractivity contribution in [2.75, 3.05) is 12.3 Å². The number of nitrogens with one attached hydrogen (secondary N) is 1. The van der Waals surface area contributed by atoms with Gasteiger partial charge in [-0.2, -0.15) is 0 Å². The fraction of sp³-hybridized carbons (Fsp3) is 0.238. The van der Waals surface area contributed by atoms with E-state index in [0.717, 1.165) is 11.4 Å². The van der Waals surface area contributed by atoms with Gasteiger partial charge in [0, 0.05) is 31.0 Å². The van der Waals surface area contributed by atoms with E-state index in [1.165, 1.54) is 17.3 Å². The van der Waals surface area contributed by atoms with Crippen LogP contribution in [-0.2, 0) is 11.3 Å². The molecular weight excluding hydrogens is 370 g/mol. The fourth-order valence-electron chi connectivity index (χ4n) is 2.75. The molecule has 2 heterocycles. The number of pyridine rings is 1. The van der Waals surface area contributed by atoms with Gasteiger partial charge in [0.2, 0.25) is 5.91 Å². The van der Waals surface area contributed by atoms with E-state index in [-0.39, 0.29) is 17.6 Å². The fourth-order valence-corrected chi connectivity index (χ4v) is 3.53. The first-order valence-corrected chi connectivity index (χ1v) is 10.1. The van der Waals surface area contributed by atoms with Crippen molar-refractivity contribution < 1.29 is 4.79 Å². The molecule has 1 aromatic carbocycles. The highest BCUT2D eigenvalue weighted by atomic mass is 32.2. The van der Waals surface area contributed by atoms with E-state index >= 15 is 0 Å². The first-order chi connectivity index (χ1) is 13.7. The maximum Gasteiger partial charge on any atom is 0.230 e. The number of nitrogens with zero attached hydrogens (tertiary/aromatic N) is 4. The number of carbonyl (C=O) groups excluding carboxylic acids is 1. The standard InChI is InChI=1S/C21H23N5OS/c1-3-13-26-20(18-9-11-22-12-10-18)24-25-21(26)28-15-19(27)23-14-16(2)17-7-5-4-6-8-17/h3-12,16H,1,13-15H2,2H3,(H,23,27)/t16-/m1/s1. The minimum Gasteiger partial charge on any atom is -0.355 e. The molecule has 1 amide bonds. The van der Waals surface area contributed by atoms with Crippen molar-refractivity contribution in [3.63, 3.8) is 0 Å². The molecule has 1 N–H and O–H groups in total. The van der Waals surface area contributed by atoms with Crippen molar-refractivity contribution in [1.82, 2.24) is 25.1 Å². The molecule has 28 heavy (non-hydrogen) atoms. The monoisotopic (exact) mass is 393 g/mol. The zero-order valence-corrected chi connectivity index (χ0v) is 16.6. The van der Waals surface area contributed by atoms with Crippen molar-refractivity contribution in [2.45, 2.75) is 24.5 Å². The van der Waals surface area contributed by atoms with E-state index < -0.39 is 0 Å². The van der Waals surface area contributed by atoms with Crippen LogP contribution in [-0.4, -0.2) is 38.0 Å². The minimum absolute atomic E-state index is 0.0219. The topological polar surface area (TPSA) is 72.7 Å². The van der Waals surface area contributed by atoms with Crippen LogP contribution in [0.1, 0.15) is 18.4 Å². The lowest BCUT2D eigenvalue weighted by Gasteiger charge is -2.13. The summed E-state index contributed by atoms with van der Waals surface area (Å²) >= 11 is 1.37. The molecular formula is C21H23N5OS. The summed E-state index contributed by atoms with van der Waals surface area (Å²) in [4.78, 5) is 16.3. The maximum atomic E-state index is 12.3. The van der Waals surface area contributed by atoms with Crippen LogP contribution in [0.2, 0.25) is 0 Å². The van der Waals surface area contributed by atoms with Crippen molar-refractivity contribution >= 4 is 17.7 Å². The Hall–Kier alpha value is -2.93. The average Bonchev–Trinajstić information content (AvgIpc) is 3.14. The Morgan fingerprint density at radius 1 is 1.21 bits per heavy atom. The largest absolute Gasteiger partial charge is 0.355 e. The summed E-state index contributed by atoms with van der Waals surface area (Å²) in [6.07, 6.45) is 5.23. The lowest BCUT2D eigenvalue weighted by molar-refractivity contribution is -0.118.